The minimum atomic E-state index is -3.55. The molecule has 1 aromatic carbocycles. The number of sulfonamides is 1. The number of piperidine rings is 1. The van der Waals surface area contributed by atoms with Gasteiger partial charge in [-0.3, -0.25) is 9.59 Å². The van der Waals surface area contributed by atoms with E-state index in [1.165, 1.54) is 12.1 Å². The molecule has 8 nitrogen and oxygen atoms in total. The van der Waals surface area contributed by atoms with Gasteiger partial charge in [0.25, 0.3) is 11.8 Å². The van der Waals surface area contributed by atoms with Crippen molar-refractivity contribution in [1.82, 2.24) is 14.1 Å². The predicted molar refractivity (Wildman–Crippen MR) is 115 cm³/mol. The van der Waals surface area contributed by atoms with Gasteiger partial charge in [0.1, 0.15) is 6.10 Å². The second-order valence-corrected chi connectivity index (χ2v) is 10.5. The van der Waals surface area contributed by atoms with Crippen molar-refractivity contribution in [2.75, 3.05) is 39.3 Å². The molecule has 0 radical (unpaired) electrons. The van der Waals surface area contributed by atoms with Crippen LogP contribution in [0.1, 0.15) is 49.4 Å². The highest BCUT2D eigenvalue weighted by Crippen LogP contribution is 2.25. The summed E-state index contributed by atoms with van der Waals surface area (Å²) in [5, 5.41) is 0. The van der Waals surface area contributed by atoms with Crippen molar-refractivity contribution in [2.45, 2.75) is 56.1 Å². The quantitative estimate of drug-likeness (QED) is 0.699. The first kappa shape index (κ1) is 22.2. The second-order valence-electron chi connectivity index (χ2n) is 8.60. The zero-order valence-electron chi connectivity index (χ0n) is 18.0. The van der Waals surface area contributed by atoms with Crippen LogP contribution in [0.25, 0.3) is 0 Å². The van der Waals surface area contributed by atoms with E-state index >= 15 is 0 Å². The highest BCUT2D eigenvalue weighted by Gasteiger charge is 2.33. The summed E-state index contributed by atoms with van der Waals surface area (Å²) in [7, 11) is -3.55. The summed E-state index contributed by atoms with van der Waals surface area (Å²) >= 11 is 0. The molecule has 3 aliphatic rings. The van der Waals surface area contributed by atoms with Gasteiger partial charge in [-0.1, -0.05) is 6.42 Å². The maximum Gasteiger partial charge on any atom is 0.253 e. The Hall–Kier alpha value is -1.97. The number of rotatable bonds is 4. The molecule has 4 rings (SSSR count). The topological polar surface area (TPSA) is 87.2 Å². The van der Waals surface area contributed by atoms with E-state index in [9.17, 15) is 18.0 Å². The third-order valence-electron chi connectivity index (χ3n) is 6.53. The summed E-state index contributed by atoms with van der Waals surface area (Å²) in [6, 6.07) is 6.23. The minimum absolute atomic E-state index is 0.00584. The van der Waals surface area contributed by atoms with Gasteiger partial charge in [-0.2, -0.15) is 4.31 Å². The molecule has 3 aliphatic heterocycles. The lowest BCUT2D eigenvalue weighted by molar-refractivity contribution is -0.142. The lowest BCUT2D eigenvalue weighted by Gasteiger charge is -2.35. The second kappa shape index (κ2) is 9.26. The van der Waals surface area contributed by atoms with Crippen molar-refractivity contribution in [3.8, 4) is 0 Å². The molecule has 0 aromatic heterocycles. The third kappa shape index (κ3) is 4.63. The van der Waals surface area contributed by atoms with Crippen molar-refractivity contribution in [3.05, 3.63) is 29.8 Å². The van der Waals surface area contributed by atoms with Crippen LogP contribution in [0.5, 0.6) is 0 Å². The van der Waals surface area contributed by atoms with Gasteiger partial charge in [0.05, 0.1) is 4.90 Å². The molecule has 3 heterocycles. The fourth-order valence-electron chi connectivity index (χ4n) is 4.62. The molecule has 0 saturated carbocycles. The van der Waals surface area contributed by atoms with Crippen LogP contribution < -0.4 is 0 Å². The number of piperazine rings is 1. The largest absolute Gasteiger partial charge is 0.368 e. The standard InChI is InChI=1S/C22H31N3O5S/c1-17-5-2-3-11-25(17)31(28,29)19-9-7-18(8-10-19)21(26)23-12-14-24(15-13-23)22(27)20-6-4-16-30-20/h7-10,17,20H,2-6,11-16H2,1H3/t17-,20-/m0/s1. The van der Waals surface area contributed by atoms with Gasteiger partial charge in [-0.15, -0.1) is 0 Å². The predicted octanol–water partition coefficient (Wildman–Crippen LogP) is 1.71. The van der Waals surface area contributed by atoms with Crippen LogP contribution in [-0.2, 0) is 19.6 Å². The first-order valence-electron chi connectivity index (χ1n) is 11.2. The van der Waals surface area contributed by atoms with E-state index in [-0.39, 0.29) is 28.9 Å². The number of hydrogen-bond donors (Lipinski definition) is 0. The number of hydrogen-bond acceptors (Lipinski definition) is 5. The fraction of sp³-hybridized carbons (Fsp3) is 0.636. The van der Waals surface area contributed by atoms with Crippen molar-refractivity contribution in [2.24, 2.45) is 0 Å². The van der Waals surface area contributed by atoms with E-state index < -0.39 is 10.0 Å². The Kier molecular flexibility index (Phi) is 6.64. The van der Waals surface area contributed by atoms with Crippen LogP contribution in [0, 0.1) is 0 Å². The molecule has 2 amide bonds. The summed E-state index contributed by atoms with van der Waals surface area (Å²) in [6.45, 7) is 5.02. The molecule has 0 unspecified atom stereocenters. The van der Waals surface area contributed by atoms with E-state index in [1.807, 2.05) is 6.92 Å². The highest BCUT2D eigenvalue weighted by molar-refractivity contribution is 7.89. The van der Waals surface area contributed by atoms with Crippen LogP contribution >= 0.6 is 0 Å². The molecule has 2 atom stereocenters. The molecule has 170 valence electrons. The lowest BCUT2D eigenvalue weighted by Crippen LogP contribution is -2.52. The zero-order chi connectivity index (χ0) is 22.0. The summed E-state index contributed by atoms with van der Waals surface area (Å²) in [6.07, 6.45) is 4.14. The molecular weight excluding hydrogens is 418 g/mol. The maximum absolute atomic E-state index is 13.0. The van der Waals surface area contributed by atoms with Crippen LogP contribution in [0.15, 0.2) is 29.2 Å². The smallest absolute Gasteiger partial charge is 0.253 e. The van der Waals surface area contributed by atoms with E-state index in [1.54, 1.807) is 26.2 Å². The number of carbonyl (C=O) groups excluding carboxylic acids is 2. The summed E-state index contributed by atoms with van der Waals surface area (Å²) < 4.78 is 33.0. The number of ether oxygens (including phenoxy) is 1. The summed E-state index contributed by atoms with van der Waals surface area (Å²) in [4.78, 5) is 29.1. The van der Waals surface area contributed by atoms with Crippen LogP contribution in [0.4, 0.5) is 0 Å². The van der Waals surface area contributed by atoms with Gasteiger partial charge in [-0.05, 0) is 56.9 Å². The Morgan fingerprint density at radius 1 is 0.903 bits per heavy atom. The Balaban J connectivity index is 1.37. The first-order chi connectivity index (χ1) is 14.9. The normalized spacial score (nSPS) is 25.6. The van der Waals surface area contributed by atoms with Gasteiger partial charge < -0.3 is 14.5 Å². The van der Waals surface area contributed by atoms with Crippen LogP contribution in [-0.4, -0.2) is 85.8 Å². The van der Waals surface area contributed by atoms with E-state index in [0.717, 1.165) is 32.1 Å². The Labute approximate surface area is 184 Å². The Morgan fingerprint density at radius 3 is 2.19 bits per heavy atom. The average Bonchev–Trinajstić information content (AvgIpc) is 3.33. The van der Waals surface area contributed by atoms with Gasteiger partial charge in [-0.25, -0.2) is 8.42 Å². The molecule has 0 bridgehead atoms. The summed E-state index contributed by atoms with van der Waals surface area (Å²) in [5.74, 6) is -0.120. The summed E-state index contributed by atoms with van der Waals surface area (Å²) in [5.41, 5.74) is 0.463. The van der Waals surface area contributed by atoms with Crippen LogP contribution in [0.2, 0.25) is 0 Å². The molecule has 3 fully saturated rings. The molecule has 1 aromatic rings. The van der Waals surface area contributed by atoms with E-state index in [2.05, 4.69) is 0 Å². The highest BCUT2D eigenvalue weighted by atomic mass is 32.2. The number of carbonyl (C=O) groups is 2. The zero-order valence-corrected chi connectivity index (χ0v) is 18.8. The van der Waals surface area contributed by atoms with Crippen molar-refractivity contribution in [1.29, 1.82) is 0 Å². The number of benzene rings is 1. The first-order valence-corrected chi connectivity index (χ1v) is 12.6. The SMILES string of the molecule is C[C@H]1CCCCN1S(=O)(=O)c1ccc(C(=O)N2CCN(C(=O)[C@@H]3CCCO3)CC2)cc1. The molecule has 3 saturated heterocycles. The number of amides is 2. The molecule has 31 heavy (non-hydrogen) atoms. The van der Waals surface area contributed by atoms with E-state index in [4.69, 9.17) is 4.74 Å². The fourth-order valence-corrected chi connectivity index (χ4v) is 6.32. The Morgan fingerprint density at radius 2 is 1.58 bits per heavy atom. The average molecular weight is 450 g/mol. The molecule has 0 N–H and O–H groups in total. The van der Waals surface area contributed by atoms with Crippen LogP contribution in [0.3, 0.4) is 0 Å². The lowest BCUT2D eigenvalue weighted by atomic mass is 10.1. The monoisotopic (exact) mass is 449 g/mol. The Bertz CT molecular complexity index is 904. The minimum Gasteiger partial charge on any atom is -0.368 e. The number of nitrogens with zero attached hydrogens (tertiary/aromatic N) is 3. The van der Waals surface area contributed by atoms with Crippen molar-refractivity contribution >= 4 is 21.8 Å². The molecule has 0 aliphatic carbocycles. The maximum atomic E-state index is 13.0. The molecule has 9 heteroatoms. The van der Waals surface area contributed by atoms with Gasteiger partial charge >= 0.3 is 0 Å². The van der Waals surface area contributed by atoms with Crippen molar-refractivity contribution < 1.29 is 22.7 Å². The van der Waals surface area contributed by atoms with Gasteiger partial charge in [0.15, 0.2) is 0 Å². The molecular formula is C22H31N3O5S. The van der Waals surface area contributed by atoms with E-state index in [0.29, 0.717) is 44.9 Å². The van der Waals surface area contributed by atoms with Gasteiger partial charge in [0, 0.05) is 50.9 Å². The van der Waals surface area contributed by atoms with Crippen molar-refractivity contribution in [3.63, 3.8) is 0 Å². The third-order valence-corrected chi connectivity index (χ3v) is 8.56. The molecule has 0 spiro atoms. The van der Waals surface area contributed by atoms with Gasteiger partial charge in [0.2, 0.25) is 10.0 Å².